The van der Waals surface area contributed by atoms with Crippen molar-refractivity contribution >= 4 is 17.4 Å². The fourth-order valence-corrected chi connectivity index (χ4v) is 5.04. The van der Waals surface area contributed by atoms with Crippen LogP contribution >= 0.6 is 0 Å². The Morgan fingerprint density at radius 3 is 2.73 bits per heavy atom. The first-order chi connectivity index (χ1) is 18.0. The number of nitrogens with zero attached hydrogens (tertiary/aromatic N) is 3. The number of rotatable bonds is 4. The summed E-state index contributed by atoms with van der Waals surface area (Å²) in [6.07, 6.45) is 4.22. The monoisotopic (exact) mass is 496 g/mol. The number of pyridine rings is 2. The highest BCUT2D eigenvalue weighted by atomic mass is 19.1. The van der Waals surface area contributed by atoms with Gasteiger partial charge in [0.1, 0.15) is 23.4 Å². The number of aromatic nitrogens is 2. The predicted octanol–water partition coefficient (Wildman–Crippen LogP) is 5.36. The van der Waals surface area contributed by atoms with Gasteiger partial charge in [0.25, 0.3) is 5.56 Å². The number of halogens is 1. The highest BCUT2D eigenvalue weighted by Crippen LogP contribution is 2.40. The minimum absolute atomic E-state index is 0.178. The van der Waals surface area contributed by atoms with E-state index in [1.807, 2.05) is 49.4 Å². The van der Waals surface area contributed by atoms with Gasteiger partial charge < -0.3 is 14.6 Å². The fourth-order valence-electron chi connectivity index (χ4n) is 5.04. The van der Waals surface area contributed by atoms with E-state index in [4.69, 9.17) is 4.74 Å². The first kappa shape index (κ1) is 23.0. The molecule has 8 heteroatoms. The zero-order chi connectivity index (χ0) is 25.5. The maximum absolute atomic E-state index is 14.3. The van der Waals surface area contributed by atoms with Gasteiger partial charge in [-0.1, -0.05) is 36.4 Å². The summed E-state index contributed by atoms with van der Waals surface area (Å²) in [7, 11) is 0. The summed E-state index contributed by atoms with van der Waals surface area (Å²) in [5.41, 5.74) is 5.13. The Morgan fingerprint density at radius 2 is 1.92 bits per heavy atom. The SMILES string of the molecule is Cc1cc2c(cc1N1Cc3cn(Cc4ccccc4)c(=O)cc3NC1=O)OC(c1ncccc1F)CC2. The Labute approximate surface area is 213 Å². The first-order valence-corrected chi connectivity index (χ1v) is 12.2. The van der Waals surface area contributed by atoms with E-state index in [0.29, 0.717) is 36.6 Å². The third-order valence-electron chi connectivity index (χ3n) is 6.93. The van der Waals surface area contributed by atoms with E-state index in [1.165, 1.54) is 12.1 Å². The summed E-state index contributed by atoms with van der Waals surface area (Å²) in [6.45, 7) is 2.70. The van der Waals surface area contributed by atoms with Crippen LogP contribution in [0.15, 0.2) is 77.9 Å². The summed E-state index contributed by atoms with van der Waals surface area (Å²) in [5.74, 6) is 0.228. The van der Waals surface area contributed by atoms with Crippen molar-refractivity contribution in [2.45, 2.75) is 39.0 Å². The molecule has 2 aliphatic rings. The van der Waals surface area contributed by atoms with Crippen LogP contribution in [0.1, 0.15) is 40.5 Å². The van der Waals surface area contributed by atoms with Gasteiger partial charge in [-0.2, -0.15) is 0 Å². The van der Waals surface area contributed by atoms with Gasteiger partial charge in [-0.25, -0.2) is 9.18 Å². The second kappa shape index (κ2) is 9.20. The second-order valence-corrected chi connectivity index (χ2v) is 9.44. The van der Waals surface area contributed by atoms with Crippen LogP contribution in [0.3, 0.4) is 0 Å². The summed E-state index contributed by atoms with van der Waals surface area (Å²) >= 11 is 0. The Bertz CT molecular complexity index is 1570. The van der Waals surface area contributed by atoms with Crippen LogP contribution in [0.5, 0.6) is 5.75 Å². The molecule has 6 rings (SSSR count). The lowest BCUT2D eigenvalue weighted by atomic mass is 9.97. The third-order valence-corrected chi connectivity index (χ3v) is 6.93. The standard InChI is InChI=1S/C29H25FN4O3/c1-18-12-20-9-10-25(28-22(30)8-5-11-31-28)37-26(20)14-24(18)34-17-21-16-33(15-19-6-3-2-4-7-19)27(35)13-23(21)32-29(34)36/h2-8,11-14,16,25H,9-10,15,17H2,1H3,(H,32,36). The van der Waals surface area contributed by atoms with Crippen molar-refractivity contribution in [3.63, 3.8) is 0 Å². The van der Waals surface area contributed by atoms with Crippen LogP contribution in [0.2, 0.25) is 0 Å². The van der Waals surface area contributed by atoms with E-state index in [9.17, 15) is 14.0 Å². The van der Waals surface area contributed by atoms with Crippen LogP contribution in [0, 0.1) is 12.7 Å². The minimum Gasteiger partial charge on any atom is -0.484 e. The molecule has 0 aliphatic carbocycles. The molecule has 1 N–H and O–H groups in total. The molecule has 0 saturated heterocycles. The summed E-state index contributed by atoms with van der Waals surface area (Å²) in [5, 5.41) is 2.86. The van der Waals surface area contributed by atoms with Gasteiger partial charge in [0.05, 0.1) is 24.5 Å². The molecule has 4 aromatic rings. The van der Waals surface area contributed by atoms with Crippen LogP contribution in [0.4, 0.5) is 20.6 Å². The average Bonchev–Trinajstić information content (AvgIpc) is 2.89. The Hall–Kier alpha value is -4.46. The van der Waals surface area contributed by atoms with Gasteiger partial charge >= 0.3 is 6.03 Å². The van der Waals surface area contributed by atoms with Crippen molar-refractivity contribution in [1.82, 2.24) is 9.55 Å². The summed E-state index contributed by atoms with van der Waals surface area (Å²) < 4.78 is 22.2. The average molecular weight is 497 g/mol. The van der Waals surface area contributed by atoms with E-state index in [1.54, 1.807) is 27.9 Å². The Kier molecular flexibility index (Phi) is 5.71. The number of carbonyl (C=O) groups excluding carboxylic acids is 1. The maximum atomic E-state index is 14.3. The molecule has 0 radical (unpaired) electrons. The lowest BCUT2D eigenvalue weighted by Crippen LogP contribution is -2.40. The summed E-state index contributed by atoms with van der Waals surface area (Å²) in [6, 6.07) is 17.7. The number of hydrogen-bond acceptors (Lipinski definition) is 4. The van der Waals surface area contributed by atoms with Crippen molar-refractivity contribution in [1.29, 1.82) is 0 Å². The number of nitrogens with one attached hydrogen (secondary N) is 1. The third kappa shape index (κ3) is 4.35. The minimum atomic E-state index is -0.493. The van der Waals surface area contributed by atoms with Crippen molar-refractivity contribution in [3.8, 4) is 5.75 Å². The number of aryl methyl sites for hydroxylation is 2. The summed E-state index contributed by atoms with van der Waals surface area (Å²) in [4.78, 5) is 31.6. The molecule has 0 bridgehead atoms. The number of amides is 2. The van der Waals surface area contributed by atoms with E-state index < -0.39 is 11.9 Å². The van der Waals surface area contributed by atoms with Gasteiger partial charge in [0.15, 0.2) is 0 Å². The smallest absolute Gasteiger partial charge is 0.326 e. The number of benzene rings is 2. The molecule has 2 aromatic heterocycles. The highest BCUT2D eigenvalue weighted by Gasteiger charge is 2.30. The zero-order valence-corrected chi connectivity index (χ0v) is 20.3. The van der Waals surface area contributed by atoms with Gasteiger partial charge in [0.2, 0.25) is 0 Å². The van der Waals surface area contributed by atoms with Crippen molar-refractivity contribution in [2.75, 3.05) is 10.2 Å². The van der Waals surface area contributed by atoms with Crippen molar-refractivity contribution < 1.29 is 13.9 Å². The van der Waals surface area contributed by atoms with Crippen LogP contribution in [-0.4, -0.2) is 15.6 Å². The maximum Gasteiger partial charge on any atom is 0.326 e. The van der Waals surface area contributed by atoms with E-state index >= 15 is 0 Å². The van der Waals surface area contributed by atoms with Crippen molar-refractivity contribution in [2.24, 2.45) is 0 Å². The molecule has 4 heterocycles. The molecular weight excluding hydrogens is 471 g/mol. The van der Waals surface area contributed by atoms with Crippen molar-refractivity contribution in [3.05, 3.63) is 117 Å². The number of hydrogen-bond donors (Lipinski definition) is 1. The van der Waals surface area contributed by atoms with E-state index in [0.717, 1.165) is 28.7 Å². The Balaban J connectivity index is 1.31. The van der Waals surface area contributed by atoms with Gasteiger partial charge in [-0.15, -0.1) is 0 Å². The van der Waals surface area contributed by atoms with Gasteiger partial charge in [0, 0.05) is 30.1 Å². The first-order valence-electron chi connectivity index (χ1n) is 12.2. The van der Waals surface area contributed by atoms with Gasteiger partial charge in [-0.05, 0) is 48.6 Å². The van der Waals surface area contributed by atoms with Crippen LogP contribution < -0.4 is 20.5 Å². The largest absolute Gasteiger partial charge is 0.484 e. The molecule has 0 saturated carbocycles. The number of urea groups is 1. The molecule has 1 atom stereocenters. The molecule has 1 unspecified atom stereocenters. The van der Waals surface area contributed by atoms with E-state index in [-0.39, 0.29) is 17.3 Å². The molecule has 0 fully saturated rings. The normalized spacial score (nSPS) is 16.4. The predicted molar refractivity (Wildman–Crippen MR) is 139 cm³/mol. The second-order valence-electron chi connectivity index (χ2n) is 9.44. The lowest BCUT2D eigenvalue weighted by Gasteiger charge is -2.33. The molecule has 37 heavy (non-hydrogen) atoms. The number of anilines is 2. The lowest BCUT2D eigenvalue weighted by molar-refractivity contribution is 0.167. The number of fused-ring (bicyclic) bond motifs is 2. The topological polar surface area (TPSA) is 76.5 Å². The van der Waals surface area contributed by atoms with Gasteiger partial charge in [-0.3, -0.25) is 14.7 Å². The fraction of sp³-hybridized carbons (Fsp3) is 0.207. The molecular formula is C29H25FN4O3. The highest BCUT2D eigenvalue weighted by molar-refractivity contribution is 6.04. The molecule has 2 aromatic carbocycles. The zero-order valence-electron chi connectivity index (χ0n) is 20.3. The van der Waals surface area contributed by atoms with Crippen LogP contribution in [0.25, 0.3) is 0 Å². The Morgan fingerprint density at radius 1 is 1.08 bits per heavy atom. The van der Waals surface area contributed by atoms with Crippen LogP contribution in [-0.2, 0) is 19.5 Å². The van der Waals surface area contributed by atoms with E-state index in [2.05, 4.69) is 10.3 Å². The number of carbonyl (C=O) groups is 1. The molecule has 0 spiro atoms. The molecule has 2 aliphatic heterocycles. The molecule has 7 nitrogen and oxygen atoms in total. The molecule has 2 amide bonds. The number of ether oxygens (including phenoxy) is 1. The molecule has 186 valence electrons. The quantitative estimate of drug-likeness (QED) is 0.413.